The monoisotopic (exact) mass is 168 g/mol. The van der Waals surface area contributed by atoms with Crippen LogP contribution in [-0.2, 0) is 5.41 Å². The van der Waals surface area contributed by atoms with Crippen LogP contribution in [0.5, 0.6) is 0 Å². The summed E-state index contributed by atoms with van der Waals surface area (Å²) in [6.45, 7) is 2.41. The Morgan fingerprint density at radius 2 is 2.33 bits per heavy atom. The minimum Gasteiger partial charge on any atom is -0.412 e. The van der Waals surface area contributed by atoms with E-state index >= 15 is 0 Å². The lowest BCUT2D eigenvalue weighted by Gasteiger charge is -2.07. The first-order valence-electron chi connectivity index (χ1n) is 4.08. The Bertz CT molecular complexity index is 346. The van der Waals surface area contributed by atoms with Crippen molar-refractivity contribution in [2.24, 2.45) is 5.73 Å². The Morgan fingerprint density at radius 1 is 1.67 bits per heavy atom. The number of H-pyrrole nitrogens is 1. The molecule has 0 aliphatic heterocycles. The van der Waals surface area contributed by atoms with Gasteiger partial charge in [0.15, 0.2) is 0 Å². The van der Waals surface area contributed by atoms with Crippen LogP contribution in [-0.4, -0.2) is 11.5 Å². The molecule has 4 heteroatoms. The fraction of sp³-hybridized carbons (Fsp3) is 0.625. The number of nitrogens with two attached hydrogens (primary N) is 1. The third-order valence-corrected chi connectivity index (χ3v) is 2.55. The summed E-state index contributed by atoms with van der Waals surface area (Å²) in [4.78, 5) is 13.4. The van der Waals surface area contributed by atoms with E-state index in [9.17, 15) is 4.79 Å². The van der Waals surface area contributed by atoms with Gasteiger partial charge in [-0.15, -0.1) is 0 Å². The molecule has 0 amide bonds. The van der Waals surface area contributed by atoms with Gasteiger partial charge in [-0.25, -0.2) is 4.79 Å². The van der Waals surface area contributed by atoms with Gasteiger partial charge in [0, 0.05) is 12.0 Å². The molecule has 1 aliphatic carbocycles. The molecule has 0 aromatic carbocycles. The molecule has 0 saturated heterocycles. The molecule has 1 fully saturated rings. The summed E-state index contributed by atoms with van der Waals surface area (Å²) in [5, 5.41) is 0. The van der Waals surface area contributed by atoms with Crippen molar-refractivity contribution < 1.29 is 4.42 Å². The van der Waals surface area contributed by atoms with Gasteiger partial charge in [-0.3, -0.25) is 4.98 Å². The summed E-state index contributed by atoms with van der Waals surface area (Å²) >= 11 is 0. The molecule has 3 N–H and O–H groups in total. The van der Waals surface area contributed by atoms with Crippen molar-refractivity contribution in [1.29, 1.82) is 0 Å². The quantitative estimate of drug-likeness (QED) is 0.665. The number of oxazole rings is 1. The van der Waals surface area contributed by atoms with Gasteiger partial charge in [0.2, 0.25) is 0 Å². The number of hydrogen-bond donors (Lipinski definition) is 2. The second-order valence-electron chi connectivity index (χ2n) is 3.45. The molecular formula is C8H12N2O2. The summed E-state index contributed by atoms with van der Waals surface area (Å²) in [6.07, 6.45) is 2.07. The minimum absolute atomic E-state index is 0.0246. The smallest absolute Gasteiger partial charge is 0.412 e. The van der Waals surface area contributed by atoms with Gasteiger partial charge < -0.3 is 10.2 Å². The largest absolute Gasteiger partial charge is 0.416 e. The maximum Gasteiger partial charge on any atom is 0.416 e. The van der Waals surface area contributed by atoms with Crippen LogP contribution in [0, 0.1) is 6.92 Å². The second-order valence-corrected chi connectivity index (χ2v) is 3.45. The van der Waals surface area contributed by atoms with Crippen molar-refractivity contribution in [1.82, 2.24) is 4.98 Å². The summed E-state index contributed by atoms with van der Waals surface area (Å²) < 4.78 is 5.04. The zero-order valence-electron chi connectivity index (χ0n) is 7.02. The molecule has 0 radical (unpaired) electrons. The first-order chi connectivity index (χ1) is 5.68. The standard InChI is InChI=1S/C8H12N2O2/c1-5-6(12-7(11)10-5)8(4-9)2-3-8/h2-4,9H2,1H3,(H,10,11). The predicted octanol–water partition coefficient (Wildman–Crippen LogP) is 0.267. The van der Waals surface area contributed by atoms with Crippen molar-refractivity contribution in [3.05, 3.63) is 22.0 Å². The highest BCUT2D eigenvalue weighted by Gasteiger charge is 2.47. The molecule has 66 valence electrons. The summed E-state index contributed by atoms with van der Waals surface area (Å²) in [6, 6.07) is 0. The maximum atomic E-state index is 10.8. The van der Waals surface area contributed by atoms with Crippen LogP contribution in [0.1, 0.15) is 24.3 Å². The number of aromatic amines is 1. The van der Waals surface area contributed by atoms with Crippen LogP contribution in [0.3, 0.4) is 0 Å². The minimum atomic E-state index is -0.373. The maximum absolute atomic E-state index is 10.8. The Morgan fingerprint density at radius 3 is 2.67 bits per heavy atom. The zero-order valence-corrected chi connectivity index (χ0v) is 7.02. The Labute approximate surface area is 69.8 Å². The third kappa shape index (κ3) is 0.914. The van der Waals surface area contributed by atoms with Gasteiger partial charge in [-0.2, -0.15) is 0 Å². The highest BCUT2D eigenvalue weighted by Crippen LogP contribution is 2.47. The van der Waals surface area contributed by atoms with E-state index < -0.39 is 0 Å². The average Bonchev–Trinajstić information content (AvgIpc) is 2.74. The number of aryl methyl sites for hydroxylation is 1. The average molecular weight is 168 g/mol. The van der Waals surface area contributed by atoms with Crippen molar-refractivity contribution in [2.75, 3.05) is 6.54 Å². The van der Waals surface area contributed by atoms with E-state index in [-0.39, 0.29) is 11.2 Å². The van der Waals surface area contributed by atoms with E-state index in [4.69, 9.17) is 10.2 Å². The molecule has 1 aromatic heterocycles. The van der Waals surface area contributed by atoms with Crippen LogP contribution in [0.15, 0.2) is 9.21 Å². The molecule has 1 saturated carbocycles. The van der Waals surface area contributed by atoms with Crippen molar-refractivity contribution in [3.63, 3.8) is 0 Å². The van der Waals surface area contributed by atoms with Gasteiger partial charge in [0.05, 0.1) is 5.69 Å². The molecule has 0 spiro atoms. The lowest BCUT2D eigenvalue weighted by atomic mass is 10.0. The lowest BCUT2D eigenvalue weighted by molar-refractivity contribution is 0.423. The van der Waals surface area contributed by atoms with Gasteiger partial charge in [-0.05, 0) is 19.8 Å². The van der Waals surface area contributed by atoms with Crippen LogP contribution < -0.4 is 11.5 Å². The van der Waals surface area contributed by atoms with Gasteiger partial charge >= 0.3 is 5.76 Å². The highest BCUT2D eigenvalue weighted by atomic mass is 16.4. The van der Waals surface area contributed by atoms with Gasteiger partial charge in [-0.1, -0.05) is 0 Å². The van der Waals surface area contributed by atoms with E-state index in [2.05, 4.69) is 4.98 Å². The number of aromatic nitrogens is 1. The number of hydrogen-bond acceptors (Lipinski definition) is 3. The van der Waals surface area contributed by atoms with Crippen molar-refractivity contribution in [2.45, 2.75) is 25.2 Å². The van der Waals surface area contributed by atoms with Gasteiger partial charge in [0.25, 0.3) is 0 Å². The highest BCUT2D eigenvalue weighted by molar-refractivity contribution is 5.25. The number of nitrogens with one attached hydrogen (secondary N) is 1. The molecule has 0 unspecified atom stereocenters. The van der Waals surface area contributed by atoms with E-state index in [1.54, 1.807) is 0 Å². The number of rotatable bonds is 2. The van der Waals surface area contributed by atoms with E-state index in [1.807, 2.05) is 6.92 Å². The Hall–Kier alpha value is -1.03. The molecule has 1 aromatic rings. The topological polar surface area (TPSA) is 72.0 Å². The summed E-state index contributed by atoms with van der Waals surface area (Å²) in [5.74, 6) is 0.386. The zero-order chi connectivity index (χ0) is 8.77. The fourth-order valence-electron chi connectivity index (χ4n) is 1.59. The SMILES string of the molecule is Cc1[nH]c(=O)oc1C1(CN)CC1. The molecule has 0 atom stereocenters. The summed E-state index contributed by atoms with van der Waals surface area (Å²) in [5.41, 5.74) is 6.40. The van der Waals surface area contributed by atoms with Crippen LogP contribution in [0.25, 0.3) is 0 Å². The van der Waals surface area contributed by atoms with Crippen LogP contribution >= 0.6 is 0 Å². The lowest BCUT2D eigenvalue weighted by Crippen LogP contribution is -2.20. The molecule has 0 bridgehead atoms. The first kappa shape index (κ1) is 7.61. The summed E-state index contributed by atoms with van der Waals surface area (Å²) in [7, 11) is 0. The molecule has 4 nitrogen and oxygen atoms in total. The second kappa shape index (κ2) is 2.23. The molecule has 1 heterocycles. The van der Waals surface area contributed by atoms with Crippen LogP contribution in [0.4, 0.5) is 0 Å². The first-order valence-corrected chi connectivity index (χ1v) is 4.08. The van der Waals surface area contributed by atoms with Crippen molar-refractivity contribution in [3.8, 4) is 0 Å². The third-order valence-electron chi connectivity index (χ3n) is 2.55. The molecule has 12 heavy (non-hydrogen) atoms. The fourth-order valence-corrected chi connectivity index (χ4v) is 1.59. The van der Waals surface area contributed by atoms with Crippen molar-refractivity contribution >= 4 is 0 Å². The molecular weight excluding hydrogens is 156 g/mol. The predicted molar refractivity (Wildman–Crippen MR) is 44.0 cm³/mol. The Balaban J connectivity index is 2.46. The van der Waals surface area contributed by atoms with E-state index in [0.717, 1.165) is 24.3 Å². The normalized spacial score (nSPS) is 19.5. The van der Waals surface area contributed by atoms with E-state index in [1.165, 1.54) is 0 Å². The Kier molecular flexibility index (Phi) is 1.41. The van der Waals surface area contributed by atoms with Gasteiger partial charge in [0.1, 0.15) is 5.76 Å². The molecule has 1 aliphatic rings. The van der Waals surface area contributed by atoms with Crippen LogP contribution in [0.2, 0.25) is 0 Å². The van der Waals surface area contributed by atoms with E-state index in [0.29, 0.717) is 6.54 Å². The molecule has 2 rings (SSSR count).